The van der Waals surface area contributed by atoms with Crippen LogP contribution in [0.1, 0.15) is 18.5 Å². The van der Waals surface area contributed by atoms with Crippen LogP contribution < -0.4 is 29.0 Å². The molecule has 0 bridgehead atoms. The minimum Gasteiger partial charge on any atom is -0.497 e. The van der Waals surface area contributed by atoms with Crippen molar-refractivity contribution in [3.8, 4) is 40.1 Å². The number of nitrogens with zero attached hydrogens (tertiary/aromatic N) is 2. The molecule has 2 aromatic carbocycles. The highest BCUT2D eigenvalue weighted by molar-refractivity contribution is 5.91. The molecule has 0 radical (unpaired) electrons. The number of nitrogens with one attached hydrogen (secondary N) is 1. The van der Waals surface area contributed by atoms with E-state index in [2.05, 4.69) is 10.5 Å². The second-order valence-corrected chi connectivity index (χ2v) is 8.61. The Labute approximate surface area is 221 Å². The molecule has 1 fully saturated rings. The fraction of sp³-hybridized carbons (Fsp3) is 0.407. The van der Waals surface area contributed by atoms with E-state index in [0.717, 1.165) is 12.8 Å². The van der Waals surface area contributed by atoms with Crippen LogP contribution >= 0.6 is 0 Å². The zero-order valence-corrected chi connectivity index (χ0v) is 22.2. The van der Waals surface area contributed by atoms with E-state index in [1.807, 2.05) is 0 Å². The molecule has 0 saturated carbocycles. The Morgan fingerprint density at radius 1 is 0.974 bits per heavy atom. The molecule has 2 heterocycles. The van der Waals surface area contributed by atoms with Gasteiger partial charge in [-0.2, -0.15) is 0 Å². The molecule has 1 N–H and O–H groups in total. The molecule has 2 amide bonds. The van der Waals surface area contributed by atoms with Gasteiger partial charge in [-0.15, -0.1) is 0 Å². The zero-order valence-electron chi connectivity index (χ0n) is 22.2. The predicted molar refractivity (Wildman–Crippen MR) is 140 cm³/mol. The number of urea groups is 1. The van der Waals surface area contributed by atoms with Crippen LogP contribution in [0.25, 0.3) is 11.3 Å². The molecule has 0 aliphatic carbocycles. The first-order chi connectivity index (χ1) is 18.5. The minimum absolute atomic E-state index is 0.0556. The maximum atomic E-state index is 13.4. The van der Waals surface area contributed by atoms with Crippen molar-refractivity contribution in [1.82, 2.24) is 10.1 Å². The lowest BCUT2D eigenvalue weighted by molar-refractivity contribution is 0.0814. The molecular formula is C27H33N3O8. The van der Waals surface area contributed by atoms with Gasteiger partial charge in [-0.1, -0.05) is 5.16 Å². The van der Waals surface area contributed by atoms with Crippen LogP contribution in [0, 0.1) is 0 Å². The van der Waals surface area contributed by atoms with Gasteiger partial charge in [-0.25, -0.2) is 4.79 Å². The predicted octanol–water partition coefficient (Wildman–Crippen LogP) is 4.60. The number of methoxy groups -OCH3 is 5. The van der Waals surface area contributed by atoms with Crippen molar-refractivity contribution in [2.24, 2.45) is 0 Å². The average molecular weight is 528 g/mol. The average Bonchev–Trinajstić information content (AvgIpc) is 3.64. The molecule has 1 saturated heterocycles. The Balaban J connectivity index is 1.56. The van der Waals surface area contributed by atoms with E-state index < -0.39 is 0 Å². The minimum atomic E-state index is -0.318. The lowest BCUT2D eigenvalue weighted by Crippen LogP contribution is -2.39. The van der Waals surface area contributed by atoms with Crippen LogP contribution in [-0.4, -0.2) is 70.9 Å². The number of benzene rings is 2. The SMILES string of the molecule is COc1ccc(NC(=O)N(Cc2cc(-c3cc(OC)c(OC)c(OC)c3)on2)C[C@H]2CCCO2)c(OC)c1. The molecule has 1 aromatic heterocycles. The molecule has 11 heteroatoms. The topological polar surface area (TPSA) is 114 Å². The van der Waals surface area contributed by atoms with Crippen molar-refractivity contribution in [1.29, 1.82) is 0 Å². The van der Waals surface area contributed by atoms with Crippen LogP contribution in [-0.2, 0) is 11.3 Å². The largest absolute Gasteiger partial charge is 0.497 e. The third-order valence-electron chi connectivity index (χ3n) is 6.25. The lowest BCUT2D eigenvalue weighted by Gasteiger charge is -2.25. The molecule has 204 valence electrons. The standard InChI is InChI=1S/C27H33N3O8/c1-32-19-8-9-21(23(14-19)33-2)28-27(31)30(16-20-7-6-10-37-20)15-18-13-22(38-29-18)17-11-24(34-3)26(36-5)25(12-17)35-4/h8-9,11-14,20H,6-7,10,15-16H2,1-5H3,(H,28,31)/t20-/m1/s1. The van der Waals surface area contributed by atoms with E-state index in [0.29, 0.717) is 64.6 Å². The molecular weight excluding hydrogens is 494 g/mol. The van der Waals surface area contributed by atoms with Crippen molar-refractivity contribution in [2.75, 3.05) is 54.0 Å². The van der Waals surface area contributed by atoms with Crippen molar-refractivity contribution in [2.45, 2.75) is 25.5 Å². The number of rotatable bonds is 11. The van der Waals surface area contributed by atoms with Crippen molar-refractivity contribution < 1.29 is 37.7 Å². The Morgan fingerprint density at radius 2 is 1.71 bits per heavy atom. The molecule has 1 aliphatic rings. The van der Waals surface area contributed by atoms with Gasteiger partial charge in [0, 0.05) is 30.8 Å². The summed E-state index contributed by atoms with van der Waals surface area (Å²) in [6.45, 7) is 1.29. The van der Waals surface area contributed by atoms with Gasteiger partial charge >= 0.3 is 6.03 Å². The van der Waals surface area contributed by atoms with Gasteiger partial charge in [0.1, 0.15) is 17.2 Å². The van der Waals surface area contributed by atoms with E-state index in [1.54, 1.807) is 69.7 Å². The normalized spacial score (nSPS) is 14.6. The monoisotopic (exact) mass is 527 g/mol. The maximum Gasteiger partial charge on any atom is 0.322 e. The molecule has 4 rings (SSSR count). The summed E-state index contributed by atoms with van der Waals surface area (Å²) in [5, 5.41) is 7.15. The summed E-state index contributed by atoms with van der Waals surface area (Å²) >= 11 is 0. The zero-order chi connectivity index (χ0) is 27.1. The highest BCUT2D eigenvalue weighted by Crippen LogP contribution is 2.41. The lowest BCUT2D eigenvalue weighted by atomic mass is 10.1. The van der Waals surface area contributed by atoms with Crippen LogP contribution in [0.3, 0.4) is 0 Å². The van der Waals surface area contributed by atoms with Crippen LogP contribution in [0.2, 0.25) is 0 Å². The van der Waals surface area contributed by atoms with Gasteiger partial charge in [0.05, 0.1) is 53.9 Å². The summed E-state index contributed by atoms with van der Waals surface area (Å²) in [7, 11) is 7.75. The van der Waals surface area contributed by atoms with E-state index in [1.165, 1.54) is 7.11 Å². The number of hydrogen-bond acceptors (Lipinski definition) is 9. The van der Waals surface area contributed by atoms with Gasteiger partial charge in [-0.05, 0) is 37.1 Å². The number of carbonyl (C=O) groups excluding carboxylic acids is 1. The fourth-order valence-electron chi connectivity index (χ4n) is 4.29. The summed E-state index contributed by atoms with van der Waals surface area (Å²) in [6, 6.07) is 10.2. The Bertz CT molecular complexity index is 1210. The number of ether oxygens (including phenoxy) is 6. The molecule has 1 atom stereocenters. The summed E-state index contributed by atoms with van der Waals surface area (Å²) in [6.07, 6.45) is 1.78. The Kier molecular flexibility index (Phi) is 8.80. The van der Waals surface area contributed by atoms with E-state index in [9.17, 15) is 4.79 Å². The maximum absolute atomic E-state index is 13.4. The molecule has 0 unspecified atom stereocenters. The van der Waals surface area contributed by atoms with Gasteiger partial charge in [0.25, 0.3) is 0 Å². The smallest absolute Gasteiger partial charge is 0.322 e. The number of amides is 2. The second kappa shape index (κ2) is 12.4. The number of anilines is 1. The Morgan fingerprint density at radius 3 is 2.32 bits per heavy atom. The van der Waals surface area contributed by atoms with Gasteiger partial charge in [0.15, 0.2) is 17.3 Å². The first-order valence-corrected chi connectivity index (χ1v) is 12.1. The third kappa shape index (κ3) is 6.05. The first kappa shape index (κ1) is 26.9. The number of hydrogen-bond donors (Lipinski definition) is 1. The second-order valence-electron chi connectivity index (χ2n) is 8.61. The Hall–Kier alpha value is -4.12. The summed E-state index contributed by atoms with van der Waals surface area (Å²) in [5.74, 6) is 3.07. The molecule has 38 heavy (non-hydrogen) atoms. The number of aromatic nitrogens is 1. The van der Waals surface area contributed by atoms with Gasteiger partial charge in [0.2, 0.25) is 5.75 Å². The summed E-state index contributed by atoms with van der Waals surface area (Å²) < 4.78 is 38.4. The summed E-state index contributed by atoms with van der Waals surface area (Å²) in [4.78, 5) is 15.1. The van der Waals surface area contributed by atoms with Crippen molar-refractivity contribution >= 4 is 11.7 Å². The van der Waals surface area contributed by atoms with E-state index in [-0.39, 0.29) is 18.7 Å². The number of carbonyl (C=O) groups is 1. The van der Waals surface area contributed by atoms with Crippen LogP contribution in [0.5, 0.6) is 28.7 Å². The van der Waals surface area contributed by atoms with Crippen molar-refractivity contribution in [3.05, 3.63) is 42.1 Å². The van der Waals surface area contributed by atoms with E-state index in [4.69, 9.17) is 32.9 Å². The highest BCUT2D eigenvalue weighted by Gasteiger charge is 2.25. The first-order valence-electron chi connectivity index (χ1n) is 12.1. The third-order valence-corrected chi connectivity index (χ3v) is 6.25. The van der Waals surface area contributed by atoms with Crippen molar-refractivity contribution in [3.63, 3.8) is 0 Å². The van der Waals surface area contributed by atoms with Crippen LogP contribution in [0.4, 0.5) is 10.5 Å². The molecule has 11 nitrogen and oxygen atoms in total. The summed E-state index contributed by atoms with van der Waals surface area (Å²) in [5.41, 5.74) is 1.79. The molecule has 1 aliphatic heterocycles. The van der Waals surface area contributed by atoms with Crippen LogP contribution in [0.15, 0.2) is 40.9 Å². The quantitative estimate of drug-likeness (QED) is 0.382. The van der Waals surface area contributed by atoms with E-state index >= 15 is 0 Å². The van der Waals surface area contributed by atoms with Gasteiger partial charge in [-0.3, -0.25) is 0 Å². The van der Waals surface area contributed by atoms with Gasteiger partial charge < -0.3 is 43.2 Å². The molecule has 3 aromatic rings. The fourth-order valence-corrected chi connectivity index (χ4v) is 4.29. The highest BCUT2D eigenvalue weighted by atomic mass is 16.5. The molecule has 0 spiro atoms.